The van der Waals surface area contributed by atoms with Crippen LogP contribution in [0.2, 0.25) is 5.02 Å². The summed E-state index contributed by atoms with van der Waals surface area (Å²) in [6, 6.07) is 12.4. The minimum atomic E-state index is -1.03. The summed E-state index contributed by atoms with van der Waals surface area (Å²) in [5.74, 6) is -1.20. The highest BCUT2D eigenvalue weighted by molar-refractivity contribution is 6.51. The summed E-state index contributed by atoms with van der Waals surface area (Å²) < 4.78 is 10.7. The van der Waals surface area contributed by atoms with E-state index in [2.05, 4.69) is 9.97 Å². The molecule has 1 aliphatic heterocycles. The van der Waals surface area contributed by atoms with Gasteiger partial charge < -0.3 is 19.2 Å². The Morgan fingerprint density at radius 3 is 2.73 bits per heavy atom. The second kappa shape index (κ2) is 7.83. The SMILES string of the molecule is COc1ccc(/C(O)=C2\C(=O)C(=O)N(c3nc4ccc(C)cc4[nH]3)C2c2ccco2)cc1Cl. The van der Waals surface area contributed by atoms with Crippen LogP contribution >= 0.6 is 11.6 Å². The Morgan fingerprint density at radius 1 is 1.21 bits per heavy atom. The van der Waals surface area contributed by atoms with Gasteiger partial charge in [0.2, 0.25) is 5.95 Å². The average molecular weight is 464 g/mol. The second-order valence-corrected chi connectivity index (χ2v) is 8.02. The quantitative estimate of drug-likeness (QED) is 0.257. The number of halogens is 1. The Balaban J connectivity index is 1.70. The molecule has 166 valence electrons. The monoisotopic (exact) mass is 463 g/mol. The van der Waals surface area contributed by atoms with Crippen LogP contribution in [0.4, 0.5) is 5.95 Å². The molecule has 5 rings (SSSR count). The van der Waals surface area contributed by atoms with E-state index >= 15 is 0 Å². The van der Waals surface area contributed by atoms with Crippen LogP contribution in [0.1, 0.15) is 22.9 Å². The molecule has 1 unspecified atom stereocenters. The minimum Gasteiger partial charge on any atom is -0.507 e. The first kappa shape index (κ1) is 20.8. The number of benzene rings is 2. The van der Waals surface area contributed by atoms with Crippen molar-refractivity contribution in [1.29, 1.82) is 0 Å². The number of aromatic amines is 1. The van der Waals surface area contributed by atoms with E-state index in [-0.39, 0.29) is 27.9 Å². The first-order valence-corrected chi connectivity index (χ1v) is 10.4. The number of hydrogen-bond acceptors (Lipinski definition) is 6. The molecule has 2 aromatic carbocycles. The molecule has 2 aromatic heterocycles. The van der Waals surface area contributed by atoms with Gasteiger partial charge in [-0.25, -0.2) is 4.98 Å². The molecule has 0 spiro atoms. The lowest BCUT2D eigenvalue weighted by Crippen LogP contribution is -2.30. The highest BCUT2D eigenvalue weighted by Gasteiger charge is 2.49. The fourth-order valence-electron chi connectivity index (χ4n) is 3.96. The van der Waals surface area contributed by atoms with Crippen molar-refractivity contribution >= 4 is 46.0 Å². The molecule has 33 heavy (non-hydrogen) atoms. The summed E-state index contributed by atoms with van der Waals surface area (Å²) >= 11 is 6.21. The Bertz CT molecular complexity index is 1440. The van der Waals surface area contributed by atoms with Gasteiger partial charge in [0.1, 0.15) is 23.3 Å². The topological polar surface area (TPSA) is 109 Å². The van der Waals surface area contributed by atoms with Gasteiger partial charge in [-0.05, 0) is 55.0 Å². The number of ether oxygens (including phenoxy) is 1. The van der Waals surface area contributed by atoms with Crippen molar-refractivity contribution in [3.8, 4) is 5.75 Å². The molecule has 2 N–H and O–H groups in total. The van der Waals surface area contributed by atoms with Gasteiger partial charge >= 0.3 is 5.91 Å². The maximum atomic E-state index is 13.2. The van der Waals surface area contributed by atoms with Gasteiger partial charge in [-0.15, -0.1) is 0 Å². The number of carbonyl (C=O) groups is 2. The van der Waals surface area contributed by atoms with E-state index in [4.69, 9.17) is 20.8 Å². The lowest BCUT2D eigenvalue weighted by Gasteiger charge is -2.20. The van der Waals surface area contributed by atoms with Crippen LogP contribution in [0.15, 0.2) is 64.8 Å². The molecule has 1 atom stereocenters. The number of methoxy groups -OCH3 is 1. The number of imidazole rings is 1. The predicted molar refractivity (Wildman–Crippen MR) is 122 cm³/mol. The van der Waals surface area contributed by atoms with Crippen LogP contribution < -0.4 is 9.64 Å². The lowest BCUT2D eigenvalue weighted by atomic mass is 9.99. The number of rotatable bonds is 4. The highest BCUT2D eigenvalue weighted by atomic mass is 35.5. The fraction of sp³-hybridized carbons (Fsp3) is 0.125. The molecule has 1 saturated heterocycles. The molecule has 1 amide bonds. The number of aryl methyl sites for hydroxylation is 1. The summed E-state index contributed by atoms with van der Waals surface area (Å²) in [5.41, 5.74) is 2.49. The molecule has 0 radical (unpaired) electrons. The normalized spacial score (nSPS) is 17.8. The predicted octanol–water partition coefficient (Wildman–Crippen LogP) is 4.75. The number of ketones is 1. The molecular weight excluding hydrogens is 446 g/mol. The number of nitrogens with one attached hydrogen (secondary N) is 1. The van der Waals surface area contributed by atoms with Gasteiger partial charge in [0.25, 0.3) is 5.78 Å². The van der Waals surface area contributed by atoms with Crippen molar-refractivity contribution in [1.82, 2.24) is 9.97 Å². The number of aliphatic hydroxyl groups is 1. The zero-order valence-electron chi connectivity index (χ0n) is 17.6. The first-order chi connectivity index (χ1) is 15.9. The van der Waals surface area contributed by atoms with Gasteiger partial charge in [-0.3, -0.25) is 14.5 Å². The first-order valence-electron chi connectivity index (χ1n) is 10.0. The largest absolute Gasteiger partial charge is 0.507 e. The van der Waals surface area contributed by atoms with Crippen molar-refractivity contribution in [3.63, 3.8) is 0 Å². The summed E-state index contributed by atoms with van der Waals surface area (Å²) in [4.78, 5) is 35.1. The summed E-state index contributed by atoms with van der Waals surface area (Å²) in [5, 5.41) is 11.4. The van der Waals surface area contributed by atoms with E-state index < -0.39 is 17.7 Å². The van der Waals surface area contributed by atoms with E-state index in [9.17, 15) is 14.7 Å². The molecule has 0 saturated carbocycles. The second-order valence-electron chi connectivity index (χ2n) is 7.61. The maximum absolute atomic E-state index is 13.2. The number of aliphatic hydroxyl groups excluding tert-OH is 1. The number of Topliss-reactive ketones (excluding diaryl/α,β-unsaturated/α-hetero) is 1. The zero-order chi connectivity index (χ0) is 23.3. The number of H-pyrrole nitrogens is 1. The molecule has 3 heterocycles. The number of nitrogens with zero attached hydrogens (tertiary/aromatic N) is 2. The van der Waals surface area contributed by atoms with Crippen LogP contribution in [0, 0.1) is 6.92 Å². The summed E-state index contributed by atoms with van der Waals surface area (Å²) in [6.07, 6.45) is 1.43. The molecule has 8 nitrogen and oxygen atoms in total. The Kier molecular flexibility index (Phi) is 4.94. The van der Waals surface area contributed by atoms with Crippen LogP contribution in [0.5, 0.6) is 5.75 Å². The summed E-state index contributed by atoms with van der Waals surface area (Å²) in [6.45, 7) is 1.94. The van der Waals surface area contributed by atoms with Gasteiger partial charge in [0.05, 0.1) is 35.0 Å². The van der Waals surface area contributed by atoms with Crippen molar-refractivity contribution in [2.24, 2.45) is 0 Å². The minimum absolute atomic E-state index is 0.132. The van der Waals surface area contributed by atoms with Crippen molar-refractivity contribution < 1.29 is 23.8 Å². The molecule has 4 aromatic rings. The number of aromatic nitrogens is 2. The number of furan rings is 1. The van der Waals surface area contributed by atoms with E-state index in [1.807, 2.05) is 25.1 Å². The van der Waals surface area contributed by atoms with Crippen molar-refractivity contribution in [2.75, 3.05) is 12.0 Å². The van der Waals surface area contributed by atoms with Crippen molar-refractivity contribution in [3.05, 3.63) is 82.3 Å². The molecule has 9 heteroatoms. The Labute approximate surface area is 193 Å². The van der Waals surface area contributed by atoms with Gasteiger partial charge in [-0.1, -0.05) is 17.7 Å². The number of anilines is 1. The van der Waals surface area contributed by atoms with Gasteiger partial charge in [0, 0.05) is 5.56 Å². The third-order valence-corrected chi connectivity index (χ3v) is 5.83. The van der Waals surface area contributed by atoms with Crippen LogP contribution in [0.3, 0.4) is 0 Å². The molecular formula is C24H18ClN3O5. The Morgan fingerprint density at radius 2 is 2.03 bits per heavy atom. The molecule has 1 aliphatic rings. The van der Waals surface area contributed by atoms with Gasteiger partial charge in [-0.2, -0.15) is 0 Å². The summed E-state index contributed by atoms with van der Waals surface area (Å²) in [7, 11) is 1.47. The third kappa shape index (κ3) is 3.35. The third-order valence-electron chi connectivity index (χ3n) is 5.54. The number of carbonyl (C=O) groups excluding carboxylic acids is 2. The van der Waals surface area contributed by atoms with Crippen LogP contribution in [0.25, 0.3) is 16.8 Å². The smallest absolute Gasteiger partial charge is 0.302 e. The van der Waals surface area contributed by atoms with Crippen LogP contribution in [-0.4, -0.2) is 33.9 Å². The molecule has 0 aliphatic carbocycles. The Hall–Kier alpha value is -4.04. The van der Waals surface area contributed by atoms with Gasteiger partial charge in [0.15, 0.2) is 0 Å². The average Bonchev–Trinajstić information content (AvgIpc) is 3.52. The number of hydrogen-bond donors (Lipinski definition) is 2. The van der Waals surface area contributed by atoms with E-state index in [0.29, 0.717) is 22.5 Å². The molecule has 1 fully saturated rings. The highest BCUT2D eigenvalue weighted by Crippen LogP contribution is 2.42. The number of amides is 1. The van der Waals surface area contributed by atoms with Crippen molar-refractivity contribution in [2.45, 2.75) is 13.0 Å². The maximum Gasteiger partial charge on any atom is 0.302 e. The van der Waals surface area contributed by atoms with E-state index in [1.165, 1.54) is 24.3 Å². The lowest BCUT2D eigenvalue weighted by molar-refractivity contribution is -0.132. The number of fused-ring (bicyclic) bond motifs is 1. The standard InChI is InChI=1S/C24H18ClN3O5/c1-12-5-7-15-16(10-12)27-24(26-15)28-20(18-4-3-9-33-18)19(22(30)23(28)31)21(29)13-6-8-17(32-2)14(25)11-13/h3-11,20,29H,1-2H3,(H,26,27)/b21-19+. The van der Waals surface area contributed by atoms with Crippen LogP contribution in [-0.2, 0) is 9.59 Å². The molecule has 0 bridgehead atoms. The zero-order valence-corrected chi connectivity index (χ0v) is 18.4. The van der Waals surface area contributed by atoms with E-state index in [1.54, 1.807) is 24.3 Å². The fourth-order valence-corrected chi connectivity index (χ4v) is 4.22. The van der Waals surface area contributed by atoms with E-state index in [0.717, 1.165) is 5.56 Å².